The first-order chi connectivity index (χ1) is 14.6. The van der Waals surface area contributed by atoms with Crippen molar-refractivity contribution in [3.8, 4) is 0 Å². The van der Waals surface area contributed by atoms with E-state index in [0.29, 0.717) is 26.2 Å². The highest BCUT2D eigenvalue weighted by Gasteiger charge is 2.34. The monoisotopic (exact) mass is 468 g/mol. The van der Waals surface area contributed by atoms with Crippen LogP contribution < -0.4 is 0 Å². The predicted molar refractivity (Wildman–Crippen MR) is 116 cm³/mol. The fourth-order valence-electron chi connectivity index (χ4n) is 3.88. The van der Waals surface area contributed by atoms with E-state index < -0.39 is 26.0 Å². The molecule has 1 aromatic carbocycles. The minimum atomic E-state index is -3.75. The molecule has 170 valence electrons. The molecule has 0 unspecified atom stereocenters. The van der Waals surface area contributed by atoms with E-state index in [4.69, 9.17) is 0 Å². The summed E-state index contributed by atoms with van der Waals surface area (Å²) in [6.45, 7) is 8.11. The molecule has 0 radical (unpaired) electrons. The Hall–Kier alpha value is -2.08. The van der Waals surface area contributed by atoms with Crippen LogP contribution in [-0.4, -0.2) is 67.3 Å². The van der Waals surface area contributed by atoms with Crippen molar-refractivity contribution < 1.29 is 21.6 Å². The molecule has 1 saturated heterocycles. The molecule has 1 aromatic heterocycles. The largest absolute Gasteiger partial charge is 0.278 e. The summed E-state index contributed by atoms with van der Waals surface area (Å²) >= 11 is 0. The molecule has 3 rings (SSSR count). The Balaban J connectivity index is 2.02. The topological polar surface area (TPSA) is 110 Å². The van der Waals surface area contributed by atoms with Crippen molar-refractivity contribution in [1.29, 1.82) is 0 Å². The van der Waals surface area contributed by atoms with Gasteiger partial charge in [-0.05, 0) is 44.9 Å². The van der Waals surface area contributed by atoms with E-state index in [0.717, 1.165) is 17.5 Å². The van der Waals surface area contributed by atoms with Gasteiger partial charge in [0.1, 0.15) is 4.90 Å². The normalized spacial score (nSPS) is 15.6. The molecule has 1 fully saturated rings. The first kappa shape index (κ1) is 23.6. The van der Waals surface area contributed by atoms with Crippen LogP contribution in [-0.2, 0) is 20.0 Å². The van der Waals surface area contributed by atoms with Crippen molar-refractivity contribution >= 4 is 26.0 Å². The summed E-state index contributed by atoms with van der Waals surface area (Å²) in [5.41, 5.74) is 0.569. The highest BCUT2D eigenvalue weighted by Crippen LogP contribution is 2.27. The van der Waals surface area contributed by atoms with E-state index in [1.807, 2.05) is 0 Å². The molecule has 0 atom stereocenters. The van der Waals surface area contributed by atoms with Crippen LogP contribution in [0.2, 0.25) is 0 Å². The second-order valence-electron chi connectivity index (χ2n) is 7.45. The van der Waals surface area contributed by atoms with Crippen LogP contribution in [0.5, 0.6) is 0 Å². The Morgan fingerprint density at radius 2 is 1.68 bits per heavy atom. The maximum atomic E-state index is 13.2. The lowest BCUT2D eigenvalue weighted by Gasteiger charge is -2.18. The second kappa shape index (κ2) is 8.81. The van der Waals surface area contributed by atoms with Crippen molar-refractivity contribution in [1.82, 2.24) is 18.4 Å². The van der Waals surface area contributed by atoms with E-state index in [1.54, 1.807) is 20.8 Å². The van der Waals surface area contributed by atoms with Crippen LogP contribution in [0.15, 0.2) is 34.1 Å². The highest BCUT2D eigenvalue weighted by atomic mass is 32.2. The standard InChI is InChI=1S/C20H28N4O5S2/c1-5-22(6-2)30(26,27)18-11-9-10-17(14-18)20(25)24-16(4)19(15(3)21-24)31(28,29)23-12-7-8-13-23/h9-11,14H,5-8,12-13H2,1-4H3. The lowest BCUT2D eigenvalue weighted by molar-refractivity contribution is 0.0942. The molecular formula is C20H28N4O5S2. The van der Waals surface area contributed by atoms with Crippen LogP contribution in [0, 0.1) is 13.8 Å². The molecule has 9 nitrogen and oxygen atoms in total. The number of carbonyl (C=O) groups excluding carboxylic acids is 1. The van der Waals surface area contributed by atoms with Crippen LogP contribution >= 0.6 is 0 Å². The summed E-state index contributed by atoms with van der Waals surface area (Å²) in [5, 5.41) is 4.18. The number of aromatic nitrogens is 2. The summed E-state index contributed by atoms with van der Waals surface area (Å²) in [4.78, 5) is 13.2. The molecule has 1 aliphatic heterocycles. The zero-order valence-corrected chi connectivity index (χ0v) is 19.8. The van der Waals surface area contributed by atoms with Crippen molar-refractivity contribution in [2.45, 2.75) is 50.3 Å². The lowest BCUT2D eigenvalue weighted by Crippen LogP contribution is -2.30. The van der Waals surface area contributed by atoms with Gasteiger partial charge in [-0.25, -0.2) is 16.8 Å². The Labute approximate surface area is 183 Å². The maximum Gasteiger partial charge on any atom is 0.278 e. The minimum absolute atomic E-state index is 0.00786. The van der Waals surface area contributed by atoms with Crippen LogP contribution in [0.25, 0.3) is 0 Å². The number of nitrogens with zero attached hydrogens (tertiary/aromatic N) is 4. The molecule has 1 aliphatic rings. The molecule has 2 heterocycles. The van der Waals surface area contributed by atoms with Gasteiger partial charge < -0.3 is 0 Å². The number of rotatable bonds is 7. The first-order valence-electron chi connectivity index (χ1n) is 10.3. The first-order valence-corrected chi connectivity index (χ1v) is 13.1. The smallest absolute Gasteiger partial charge is 0.267 e. The number of sulfonamides is 2. The average Bonchev–Trinajstić information content (AvgIpc) is 3.37. The summed E-state index contributed by atoms with van der Waals surface area (Å²) in [6, 6.07) is 5.74. The van der Waals surface area contributed by atoms with E-state index in [-0.39, 0.29) is 26.7 Å². The molecule has 0 saturated carbocycles. The summed E-state index contributed by atoms with van der Waals surface area (Å²) in [6.07, 6.45) is 1.61. The van der Waals surface area contributed by atoms with Crippen LogP contribution in [0.4, 0.5) is 0 Å². The second-order valence-corrected chi connectivity index (χ2v) is 11.3. The zero-order chi connectivity index (χ0) is 23.0. The van der Waals surface area contributed by atoms with Gasteiger partial charge in [0.2, 0.25) is 20.0 Å². The summed E-state index contributed by atoms with van der Waals surface area (Å²) in [5.74, 6) is -0.583. The number of aryl methyl sites for hydroxylation is 1. The van der Waals surface area contributed by atoms with Gasteiger partial charge >= 0.3 is 0 Å². The molecule has 2 aromatic rings. The van der Waals surface area contributed by atoms with E-state index >= 15 is 0 Å². The molecular weight excluding hydrogens is 440 g/mol. The van der Waals surface area contributed by atoms with Crippen molar-refractivity contribution in [2.75, 3.05) is 26.2 Å². The molecule has 0 aliphatic carbocycles. The highest BCUT2D eigenvalue weighted by molar-refractivity contribution is 7.89. The fourth-order valence-corrected chi connectivity index (χ4v) is 7.26. The molecule has 11 heteroatoms. The summed E-state index contributed by atoms with van der Waals surface area (Å²) < 4.78 is 55.5. The van der Waals surface area contributed by atoms with E-state index in [1.165, 1.54) is 39.8 Å². The third-order valence-corrected chi connectivity index (χ3v) is 9.70. The fraction of sp³-hybridized carbons (Fsp3) is 0.500. The van der Waals surface area contributed by atoms with Gasteiger partial charge in [0.15, 0.2) is 0 Å². The van der Waals surface area contributed by atoms with Crippen molar-refractivity contribution in [3.63, 3.8) is 0 Å². The molecule has 0 spiro atoms. The van der Waals surface area contributed by atoms with Gasteiger partial charge in [-0.2, -0.15) is 18.4 Å². The van der Waals surface area contributed by atoms with E-state index in [9.17, 15) is 21.6 Å². The Morgan fingerprint density at radius 1 is 1.06 bits per heavy atom. The van der Waals surface area contributed by atoms with E-state index in [2.05, 4.69) is 5.10 Å². The predicted octanol–water partition coefficient (Wildman–Crippen LogP) is 2.00. The quantitative estimate of drug-likeness (QED) is 0.615. The van der Waals surface area contributed by atoms with Crippen LogP contribution in [0.3, 0.4) is 0 Å². The summed E-state index contributed by atoms with van der Waals surface area (Å²) in [7, 11) is -7.49. The number of hydrogen-bond donors (Lipinski definition) is 0. The van der Waals surface area contributed by atoms with Gasteiger partial charge in [0, 0.05) is 31.7 Å². The number of carbonyl (C=O) groups is 1. The van der Waals surface area contributed by atoms with Crippen LogP contribution in [0.1, 0.15) is 48.4 Å². The molecule has 0 amide bonds. The molecule has 0 bridgehead atoms. The van der Waals surface area contributed by atoms with Gasteiger partial charge in [-0.1, -0.05) is 19.9 Å². The Bertz CT molecular complexity index is 1190. The third kappa shape index (κ3) is 4.19. The SMILES string of the molecule is CCN(CC)S(=O)(=O)c1cccc(C(=O)n2nc(C)c(S(=O)(=O)N3CCCC3)c2C)c1. The van der Waals surface area contributed by atoms with Crippen molar-refractivity contribution in [2.24, 2.45) is 0 Å². The van der Waals surface area contributed by atoms with Gasteiger partial charge in [0.05, 0.1) is 16.3 Å². The zero-order valence-electron chi connectivity index (χ0n) is 18.2. The van der Waals surface area contributed by atoms with Gasteiger partial charge in [-0.3, -0.25) is 4.79 Å². The Kier molecular flexibility index (Phi) is 6.70. The lowest BCUT2D eigenvalue weighted by atomic mass is 10.2. The molecule has 31 heavy (non-hydrogen) atoms. The van der Waals surface area contributed by atoms with Gasteiger partial charge in [-0.15, -0.1) is 0 Å². The van der Waals surface area contributed by atoms with Gasteiger partial charge in [0.25, 0.3) is 5.91 Å². The Morgan fingerprint density at radius 3 is 2.26 bits per heavy atom. The third-order valence-electron chi connectivity index (χ3n) is 5.50. The number of hydrogen-bond acceptors (Lipinski definition) is 6. The number of benzene rings is 1. The maximum absolute atomic E-state index is 13.2. The molecule has 0 N–H and O–H groups in total. The minimum Gasteiger partial charge on any atom is -0.267 e. The van der Waals surface area contributed by atoms with Crippen molar-refractivity contribution in [3.05, 3.63) is 41.2 Å². The average molecular weight is 469 g/mol.